The predicted octanol–water partition coefficient (Wildman–Crippen LogP) is 2.91. The van der Waals surface area contributed by atoms with Gasteiger partial charge in [-0.25, -0.2) is 0 Å². The second-order valence-corrected chi connectivity index (χ2v) is 4.51. The van der Waals surface area contributed by atoms with Crippen molar-refractivity contribution in [3.05, 3.63) is 28.3 Å². The molecule has 0 saturated heterocycles. The Balaban J connectivity index is 0.00000144. The number of benzene rings is 1. The number of nitrogens with zero attached hydrogens (tertiary/aromatic N) is 1. The quantitative estimate of drug-likeness (QED) is 0.902. The predicted molar refractivity (Wildman–Crippen MR) is 71.6 cm³/mol. The number of halogens is 2. The molecule has 17 heavy (non-hydrogen) atoms. The molecule has 94 valence electrons. The Morgan fingerprint density at radius 1 is 1.53 bits per heavy atom. The number of hydrogen-bond acceptors (Lipinski definition) is 2. The van der Waals surface area contributed by atoms with Gasteiger partial charge in [0.1, 0.15) is 6.54 Å². The van der Waals surface area contributed by atoms with E-state index in [-0.39, 0.29) is 19.0 Å². The van der Waals surface area contributed by atoms with E-state index in [9.17, 15) is 4.79 Å². The maximum Gasteiger partial charge on any atom is 0.323 e. The van der Waals surface area contributed by atoms with Gasteiger partial charge in [-0.1, -0.05) is 17.7 Å². The van der Waals surface area contributed by atoms with Crippen LogP contribution >= 0.6 is 24.0 Å². The van der Waals surface area contributed by atoms with E-state index in [1.807, 2.05) is 24.0 Å². The van der Waals surface area contributed by atoms with Crippen molar-refractivity contribution in [1.82, 2.24) is 0 Å². The highest BCUT2D eigenvalue weighted by Crippen LogP contribution is 2.34. The molecular formula is C12H15Cl2NO2. The lowest BCUT2D eigenvalue weighted by Gasteiger charge is -2.31. The zero-order valence-electron chi connectivity index (χ0n) is 9.57. The van der Waals surface area contributed by atoms with Crippen molar-refractivity contribution in [1.29, 1.82) is 0 Å². The number of carboxylic acids is 1. The first-order valence-corrected chi connectivity index (χ1v) is 5.72. The number of carboxylic acid groups (broad SMARTS) is 1. The van der Waals surface area contributed by atoms with Crippen LogP contribution < -0.4 is 4.90 Å². The zero-order valence-corrected chi connectivity index (χ0v) is 11.1. The average molecular weight is 276 g/mol. The molecule has 1 aromatic carbocycles. The Bertz CT molecular complexity index is 435. The molecule has 0 radical (unpaired) electrons. The molecule has 0 atom stereocenters. The number of rotatable bonds is 2. The van der Waals surface area contributed by atoms with Gasteiger partial charge in [-0.15, -0.1) is 12.4 Å². The fourth-order valence-corrected chi connectivity index (χ4v) is 2.42. The third-order valence-corrected chi connectivity index (χ3v) is 3.37. The van der Waals surface area contributed by atoms with Gasteiger partial charge in [0, 0.05) is 17.3 Å². The number of carbonyl (C=O) groups is 1. The van der Waals surface area contributed by atoms with Crippen molar-refractivity contribution >= 4 is 35.7 Å². The van der Waals surface area contributed by atoms with Crippen LogP contribution in [0.1, 0.15) is 17.5 Å². The van der Waals surface area contributed by atoms with Gasteiger partial charge in [0.2, 0.25) is 0 Å². The molecule has 1 aliphatic heterocycles. The Hall–Kier alpha value is -0.930. The van der Waals surface area contributed by atoms with Crippen molar-refractivity contribution in [3.63, 3.8) is 0 Å². The van der Waals surface area contributed by atoms with Gasteiger partial charge in [0.25, 0.3) is 0 Å². The van der Waals surface area contributed by atoms with Crippen LogP contribution in [0.15, 0.2) is 12.1 Å². The molecular weight excluding hydrogens is 261 g/mol. The molecule has 0 saturated carbocycles. The summed E-state index contributed by atoms with van der Waals surface area (Å²) in [5, 5.41) is 9.58. The van der Waals surface area contributed by atoms with Crippen molar-refractivity contribution in [2.75, 3.05) is 18.0 Å². The lowest BCUT2D eigenvalue weighted by molar-refractivity contribution is -0.135. The number of anilines is 1. The minimum atomic E-state index is -0.799. The summed E-state index contributed by atoms with van der Waals surface area (Å²) >= 11 is 6.07. The van der Waals surface area contributed by atoms with Crippen LogP contribution in [0.5, 0.6) is 0 Å². The number of aliphatic carboxylic acids is 1. The zero-order chi connectivity index (χ0) is 11.7. The highest BCUT2D eigenvalue weighted by molar-refractivity contribution is 6.31. The second-order valence-electron chi connectivity index (χ2n) is 4.10. The van der Waals surface area contributed by atoms with Gasteiger partial charge < -0.3 is 10.0 Å². The summed E-state index contributed by atoms with van der Waals surface area (Å²) in [4.78, 5) is 12.7. The summed E-state index contributed by atoms with van der Waals surface area (Å²) in [7, 11) is 0. The molecule has 1 aliphatic rings. The molecule has 1 heterocycles. The van der Waals surface area contributed by atoms with Crippen LogP contribution in [0.25, 0.3) is 0 Å². The van der Waals surface area contributed by atoms with Crippen molar-refractivity contribution in [3.8, 4) is 0 Å². The first-order chi connectivity index (χ1) is 7.59. The van der Waals surface area contributed by atoms with E-state index in [4.69, 9.17) is 16.7 Å². The fraction of sp³-hybridized carbons (Fsp3) is 0.417. The second kappa shape index (κ2) is 5.61. The molecule has 0 spiro atoms. The SMILES string of the molecule is Cc1c(Cl)ccc2c1N(CC(=O)O)CCC2.Cl. The van der Waals surface area contributed by atoms with Crippen molar-refractivity contribution in [2.24, 2.45) is 0 Å². The van der Waals surface area contributed by atoms with Crippen LogP contribution in [0.3, 0.4) is 0 Å². The Kier molecular flexibility index (Phi) is 4.66. The van der Waals surface area contributed by atoms with Gasteiger partial charge in [-0.3, -0.25) is 4.79 Å². The average Bonchev–Trinajstić information content (AvgIpc) is 2.23. The molecule has 0 amide bonds. The largest absolute Gasteiger partial charge is 0.480 e. The Labute approximate surface area is 112 Å². The van der Waals surface area contributed by atoms with Gasteiger partial charge in [0.05, 0.1) is 0 Å². The van der Waals surface area contributed by atoms with Crippen molar-refractivity contribution in [2.45, 2.75) is 19.8 Å². The first kappa shape index (κ1) is 14.1. The topological polar surface area (TPSA) is 40.5 Å². The standard InChI is InChI=1S/C12H14ClNO2.ClH/c1-8-10(13)5-4-9-3-2-6-14(12(8)9)7-11(15)16;/h4-5H,2-3,6-7H2,1H3,(H,15,16);1H. The molecule has 0 aliphatic carbocycles. The van der Waals surface area contributed by atoms with Gasteiger partial charge >= 0.3 is 5.97 Å². The minimum Gasteiger partial charge on any atom is -0.480 e. The van der Waals surface area contributed by atoms with Crippen LogP contribution in [0.4, 0.5) is 5.69 Å². The highest BCUT2D eigenvalue weighted by Gasteiger charge is 2.21. The molecule has 5 heteroatoms. The van der Waals surface area contributed by atoms with E-state index in [2.05, 4.69) is 0 Å². The van der Waals surface area contributed by atoms with Crippen LogP contribution in [0, 0.1) is 6.92 Å². The van der Waals surface area contributed by atoms with Crippen molar-refractivity contribution < 1.29 is 9.90 Å². The van der Waals surface area contributed by atoms with Gasteiger partial charge in [0.15, 0.2) is 0 Å². The van der Waals surface area contributed by atoms with E-state index in [0.29, 0.717) is 5.02 Å². The third kappa shape index (κ3) is 2.85. The summed E-state index contributed by atoms with van der Waals surface area (Å²) in [5.74, 6) is -0.799. The summed E-state index contributed by atoms with van der Waals surface area (Å²) < 4.78 is 0. The maximum atomic E-state index is 10.8. The normalized spacial score (nSPS) is 13.9. The van der Waals surface area contributed by atoms with E-state index in [1.54, 1.807) is 0 Å². The lowest BCUT2D eigenvalue weighted by Crippen LogP contribution is -2.34. The molecule has 1 N–H and O–H groups in total. The summed E-state index contributed by atoms with van der Waals surface area (Å²) in [6, 6.07) is 3.89. The lowest BCUT2D eigenvalue weighted by atomic mass is 9.98. The Morgan fingerprint density at radius 3 is 2.88 bits per heavy atom. The fourth-order valence-electron chi connectivity index (χ4n) is 2.27. The molecule has 0 unspecified atom stereocenters. The molecule has 0 fully saturated rings. The maximum absolute atomic E-state index is 10.8. The van der Waals surface area contributed by atoms with E-state index >= 15 is 0 Å². The number of fused-ring (bicyclic) bond motifs is 1. The number of aryl methyl sites for hydroxylation is 1. The van der Waals surface area contributed by atoms with Crippen LogP contribution in [-0.2, 0) is 11.2 Å². The third-order valence-electron chi connectivity index (χ3n) is 2.96. The number of hydrogen-bond donors (Lipinski definition) is 1. The smallest absolute Gasteiger partial charge is 0.323 e. The summed E-state index contributed by atoms with van der Waals surface area (Å²) in [5.41, 5.74) is 3.20. The minimum absolute atomic E-state index is 0. The van der Waals surface area contributed by atoms with Crippen LogP contribution in [-0.4, -0.2) is 24.2 Å². The van der Waals surface area contributed by atoms with E-state index in [0.717, 1.165) is 30.6 Å². The molecule has 1 aromatic rings. The van der Waals surface area contributed by atoms with E-state index in [1.165, 1.54) is 5.56 Å². The summed E-state index contributed by atoms with van der Waals surface area (Å²) in [6.07, 6.45) is 2.00. The van der Waals surface area contributed by atoms with Crippen LogP contribution in [0.2, 0.25) is 5.02 Å². The molecule has 2 rings (SSSR count). The van der Waals surface area contributed by atoms with Gasteiger partial charge in [-0.2, -0.15) is 0 Å². The van der Waals surface area contributed by atoms with E-state index < -0.39 is 5.97 Å². The first-order valence-electron chi connectivity index (χ1n) is 5.34. The molecule has 0 aromatic heterocycles. The molecule has 0 bridgehead atoms. The highest BCUT2D eigenvalue weighted by atomic mass is 35.5. The summed E-state index contributed by atoms with van der Waals surface area (Å²) in [6.45, 7) is 2.79. The molecule has 3 nitrogen and oxygen atoms in total. The monoisotopic (exact) mass is 275 g/mol. The Morgan fingerprint density at radius 2 is 2.24 bits per heavy atom. The van der Waals surface area contributed by atoms with Gasteiger partial charge in [-0.05, 0) is 37.0 Å².